The van der Waals surface area contributed by atoms with Crippen LogP contribution in [0.3, 0.4) is 0 Å². The van der Waals surface area contributed by atoms with E-state index in [0.29, 0.717) is 0 Å². The quantitative estimate of drug-likeness (QED) is 0.794. The first-order valence-electron chi connectivity index (χ1n) is 5.52. The van der Waals surface area contributed by atoms with Crippen molar-refractivity contribution >= 4 is 17.4 Å². The van der Waals surface area contributed by atoms with Gasteiger partial charge in [0.25, 0.3) is 0 Å². The first-order chi connectivity index (χ1) is 7.48. The Hall–Kier alpha value is -0.670. The van der Waals surface area contributed by atoms with Crippen molar-refractivity contribution in [1.82, 2.24) is 5.32 Å². The van der Waals surface area contributed by atoms with Crippen LogP contribution >= 0.6 is 11.8 Å². The molecule has 1 aromatic rings. The first kappa shape index (κ1) is 13.4. The molecule has 0 amide bonds. The summed E-state index contributed by atoms with van der Waals surface area (Å²) in [6.45, 7) is 5.40. The molecule has 16 heavy (non-hydrogen) atoms. The standard InChI is InChI=1S/C13H22N2S/c1-13(2,14-3)10-15(4)11-6-8-12(16-5)9-7-11/h6-9,14H,10H2,1-5H3. The lowest BCUT2D eigenvalue weighted by Crippen LogP contribution is -2.46. The molecule has 0 atom stereocenters. The smallest absolute Gasteiger partial charge is 0.0365 e. The molecule has 0 fully saturated rings. The molecule has 0 radical (unpaired) electrons. The average molecular weight is 238 g/mol. The minimum Gasteiger partial charge on any atom is -0.373 e. The van der Waals surface area contributed by atoms with Gasteiger partial charge in [0.1, 0.15) is 0 Å². The van der Waals surface area contributed by atoms with Gasteiger partial charge in [-0.3, -0.25) is 0 Å². The highest BCUT2D eigenvalue weighted by atomic mass is 32.2. The van der Waals surface area contributed by atoms with Crippen molar-refractivity contribution < 1.29 is 0 Å². The van der Waals surface area contributed by atoms with Crippen LogP contribution in [0.25, 0.3) is 0 Å². The second kappa shape index (κ2) is 5.60. The van der Waals surface area contributed by atoms with Crippen LogP contribution in [0.2, 0.25) is 0 Å². The normalized spacial score (nSPS) is 11.6. The monoisotopic (exact) mass is 238 g/mol. The molecule has 0 aliphatic rings. The fourth-order valence-corrected chi connectivity index (χ4v) is 2.01. The molecule has 0 saturated heterocycles. The van der Waals surface area contributed by atoms with Crippen LogP contribution in [-0.4, -0.2) is 32.4 Å². The van der Waals surface area contributed by atoms with Gasteiger partial charge in [-0.2, -0.15) is 0 Å². The molecule has 1 rings (SSSR count). The highest BCUT2D eigenvalue weighted by Crippen LogP contribution is 2.20. The number of likely N-dealkylation sites (N-methyl/N-ethyl adjacent to an activating group) is 2. The van der Waals surface area contributed by atoms with E-state index in [4.69, 9.17) is 0 Å². The summed E-state index contributed by atoms with van der Waals surface area (Å²) in [7, 11) is 4.14. The Morgan fingerprint density at radius 2 is 1.81 bits per heavy atom. The van der Waals surface area contributed by atoms with Gasteiger partial charge in [-0.1, -0.05) is 0 Å². The number of rotatable bonds is 5. The van der Waals surface area contributed by atoms with Gasteiger partial charge in [-0.05, 0) is 51.4 Å². The molecule has 0 bridgehead atoms. The van der Waals surface area contributed by atoms with Gasteiger partial charge >= 0.3 is 0 Å². The molecule has 2 nitrogen and oxygen atoms in total. The summed E-state index contributed by atoms with van der Waals surface area (Å²) in [6.07, 6.45) is 2.10. The Balaban J connectivity index is 2.69. The van der Waals surface area contributed by atoms with E-state index in [9.17, 15) is 0 Å². The molecular weight excluding hydrogens is 216 g/mol. The van der Waals surface area contributed by atoms with Crippen LogP contribution < -0.4 is 10.2 Å². The van der Waals surface area contributed by atoms with Gasteiger partial charge in [-0.25, -0.2) is 0 Å². The summed E-state index contributed by atoms with van der Waals surface area (Å²) in [6, 6.07) is 8.70. The molecule has 3 heteroatoms. The number of nitrogens with zero attached hydrogens (tertiary/aromatic N) is 1. The fourth-order valence-electron chi connectivity index (χ4n) is 1.60. The number of hydrogen-bond acceptors (Lipinski definition) is 3. The van der Waals surface area contributed by atoms with E-state index in [1.165, 1.54) is 10.6 Å². The van der Waals surface area contributed by atoms with Crippen LogP contribution in [0.5, 0.6) is 0 Å². The molecule has 0 aliphatic heterocycles. The summed E-state index contributed by atoms with van der Waals surface area (Å²) < 4.78 is 0. The molecule has 1 aromatic carbocycles. The molecule has 0 spiro atoms. The number of benzene rings is 1. The third-order valence-electron chi connectivity index (χ3n) is 2.82. The van der Waals surface area contributed by atoms with E-state index >= 15 is 0 Å². The minimum absolute atomic E-state index is 0.132. The van der Waals surface area contributed by atoms with Gasteiger partial charge in [0, 0.05) is 29.7 Å². The highest BCUT2D eigenvalue weighted by molar-refractivity contribution is 7.98. The van der Waals surface area contributed by atoms with Crippen LogP contribution in [0.4, 0.5) is 5.69 Å². The SMILES string of the molecule is CNC(C)(C)CN(C)c1ccc(SC)cc1. The Bertz CT molecular complexity index is 319. The van der Waals surface area contributed by atoms with Gasteiger partial charge in [0.05, 0.1) is 0 Å². The predicted molar refractivity (Wildman–Crippen MR) is 74.6 cm³/mol. The zero-order valence-corrected chi connectivity index (χ0v) is 11.7. The third-order valence-corrected chi connectivity index (χ3v) is 3.57. The number of hydrogen-bond donors (Lipinski definition) is 1. The van der Waals surface area contributed by atoms with E-state index < -0.39 is 0 Å². The molecule has 0 unspecified atom stereocenters. The summed E-state index contributed by atoms with van der Waals surface area (Å²) in [5.74, 6) is 0. The maximum atomic E-state index is 3.32. The predicted octanol–water partition coefficient (Wildman–Crippen LogP) is 2.84. The molecular formula is C13H22N2S. The number of anilines is 1. The van der Waals surface area contributed by atoms with Crippen LogP contribution in [0, 0.1) is 0 Å². The van der Waals surface area contributed by atoms with Crippen LogP contribution in [0.15, 0.2) is 29.2 Å². The Morgan fingerprint density at radius 1 is 1.25 bits per heavy atom. The zero-order valence-electron chi connectivity index (χ0n) is 10.9. The Labute approximate surface area is 103 Å². The van der Waals surface area contributed by atoms with Crippen LogP contribution in [-0.2, 0) is 0 Å². The topological polar surface area (TPSA) is 15.3 Å². The second-order valence-corrected chi connectivity index (χ2v) is 5.57. The van der Waals surface area contributed by atoms with Crippen molar-refractivity contribution in [3.63, 3.8) is 0 Å². The van der Waals surface area contributed by atoms with Gasteiger partial charge in [-0.15, -0.1) is 11.8 Å². The van der Waals surface area contributed by atoms with Gasteiger partial charge in [0.2, 0.25) is 0 Å². The molecule has 0 heterocycles. The van der Waals surface area contributed by atoms with E-state index in [2.05, 4.69) is 61.6 Å². The minimum atomic E-state index is 0.132. The lowest BCUT2D eigenvalue weighted by Gasteiger charge is -2.31. The molecule has 0 aromatic heterocycles. The van der Waals surface area contributed by atoms with Crippen molar-refractivity contribution in [3.05, 3.63) is 24.3 Å². The molecule has 90 valence electrons. The van der Waals surface area contributed by atoms with E-state index in [1.807, 2.05) is 7.05 Å². The van der Waals surface area contributed by atoms with E-state index in [0.717, 1.165) is 6.54 Å². The molecule has 0 aliphatic carbocycles. The Morgan fingerprint density at radius 3 is 2.25 bits per heavy atom. The fraction of sp³-hybridized carbons (Fsp3) is 0.538. The summed E-state index contributed by atoms with van der Waals surface area (Å²) in [5.41, 5.74) is 1.40. The highest BCUT2D eigenvalue weighted by Gasteiger charge is 2.17. The summed E-state index contributed by atoms with van der Waals surface area (Å²) in [5, 5.41) is 3.32. The maximum Gasteiger partial charge on any atom is 0.0365 e. The lowest BCUT2D eigenvalue weighted by atomic mass is 10.1. The lowest BCUT2D eigenvalue weighted by molar-refractivity contribution is 0.428. The van der Waals surface area contributed by atoms with Gasteiger partial charge in [0.15, 0.2) is 0 Å². The van der Waals surface area contributed by atoms with Crippen molar-refractivity contribution in [3.8, 4) is 0 Å². The van der Waals surface area contributed by atoms with Crippen molar-refractivity contribution in [1.29, 1.82) is 0 Å². The van der Waals surface area contributed by atoms with Gasteiger partial charge < -0.3 is 10.2 Å². The largest absolute Gasteiger partial charge is 0.373 e. The maximum absolute atomic E-state index is 3.32. The number of nitrogens with one attached hydrogen (secondary N) is 1. The third kappa shape index (κ3) is 3.72. The molecule has 0 saturated carbocycles. The zero-order chi connectivity index (χ0) is 12.2. The van der Waals surface area contributed by atoms with Crippen molar-refractivity contribution in [2.45, 2.75) is 24.3 Å². The Kier molecular flexibility index (Phi) is 4.69. The second-order valence-electron chi connectivity index (χ2n) is 4.69. The van der Waals surface area contributed by atoms with Crippen molar-refractivity contribution in [2.75, 3.05) is 31.8 Å². The van der Waals surface area contributed by atoms with Crippen molar-refractivity contribution in [2.24, 2.45) is 0 Å². The molecule has 1 N–H and O–H groups in total. The average Bonchev–Trinajstić information content (AvgIpc) is 2.28. The summed E-state index contributed by atoms with van der Waals surface area (Å²) >= 11 is 1.78. The first-order valence-corrected chi connectivity index (χ1v) is 6.75. The number of thioether (sulfide) groups is 1. The van der Waals surface area contributed by atoms with Crippen LogP contribution in [0.1, 0.15) is 13.8 Å². The van der Waals surface area contributed by atoms with E-state index in [-0.39, 0.29) is 5.54 Å². The van der Waals surface area contributed by atoms with E-state index in [1.54, 1.807) is 11.8 Å². The summed E-state index contributed by atoms with van der Waals surface area (Å²) in [4.78, 5) is 3.59.